The molecule has 186 valence electrons. The van der Waals surface area contributed by atoms with Crippen LogP contribution in [0, 0.1) is 0 Å². The maximum Gasteiger partial charge on any atom is 0.310 e. The first-order valence-electron chi connectivity index (χ1n) is 11.2. The summed E-state index contributed by atoms with van der Waals surface area (Å²) < 4.78 is 11.0. The second-order valence-corrected chi connectivity index (χ2v) is 10.2. The lowest BCUT2D eigenvalue weighted by molar-refractivity contribution is -0.146. The Hall–Kier alpha value is -3.43. The fraction of sp³-hybridized carbons (Fsp3) is 0.222. The van der Waals surface area contributed by atoms with Crippen LogP contribution < -0.4 is 9.64 Å². The molecule has 0 aliphatic carbocycles. The summed E-state index contributed by atoms with van der Waals surface area (Å²) in [6, 6.07) is 14.6. The molecule has 1 fully saturated rings. The molecule has 2 aromatic carbocycles. The standard InChI is InChI=1S/C27H24BrNO6S/c1-15(2)35-22(30)13-16-6-9-18(10-7-16)29-24(21-5-4-12-36-21)23(26(32)27(29)33)25(31)17-8-11-20(34-3)19(28)14-17/h4-12,14-15,24,31H,13H2,1-3H3/b25-23-. The van der Waals surface area contributed by atoms with Crippen LogP contribution in [0.3, 0.4) is 0 Å². The Kier molecular flexibility index (Phi) is 7.61. The van der Waals surface area contributed by atoms with Gasteiger partial charge in [-0.05, 0) is 77.1 Å². The van der Waals surface area contributed by atoms with Gasteiger partial charge in [-0.1, -0.05) is 18.2 Å². The van der Waals surface area contributed by atoms with E-state index in [9.17, 15) is 19.5 Å². The molecule has 1 N–H and O–H groups in total. The zero-order valence-corrected chi connectivity index (χ0v) is 22.3. The molecule has 4 rings (SSSR count). The highest BCUT2D eigenvalue weighted by molar-refractivity contribution is 9.10. The summed E-state index contributed by atoms with van der Waals surface area (Å²) in [5.74, 6) is -1.57. The van der Waals surface area contributed by atoms with Crippen molar-refractivity contribution in [3.8, 4) is 5.75 Å². The summed E-state index contributed by atoms with van der Waals surface area (Å²) >= 11 is 4.78. The normalized spacial score (nSPS) is 17.0. The molecule has 1 aliphatic heterocycles. The summed E-state index contributed by atoms with van der Waals surface area (Å²) in [6.45, 7) is 3.57. The zero-order valence-electron chi connectivity index (χ0n) is 19.9. The van der Waals surface area contributed by atoms with Gasteiger partial charge in [0, 0.05) is 16.1 Å². The molecule has 2 heterocycles. The average Bonchev–Trinajstić information content (AvgIpc) is 3.45. The van der Waals surface area contributed by atoms with Crippen molar-refractivity contribution >= 4 is 56.4 Å². The Balaban J connectivity index is 1.74. The van der Waals surface area contributed by atoms with Crippen molar-refractivity contribution in [3.63, 3.8) is 0 Å². The number of thiophene rings is 1. The van der Waals surface area contributed by atoms with Crippen molar-refractivity contribution in [1.29, 1.82) is 0 Å². The number of methoxy groups -OCH3 is 1. The fourth-order valence-corrected chi connectivity index (χ4v) is 5.39. The number of rotatable bonds is 7. The molecule has 0 radical (unpaired) electrons. The third-order valence-corrected chi connectivity index (χ3v) is 7.16. The van der Waals surface area contributed by atoms with Crippen molar-refractivity contribution < 1.29 is 29.0 Å². The summed E-state index contributed by atoms with van der Waals surface area (Å²) in [5.41, 5.74) is 1.58. The minimum absolute atomic E-state index is 0.00380. The van der Waals surface area contributed by atoms with Gasteiger partial charge >= 0.3 is 5.97 Å². The molecule has 0 spiro atoms. The average molecular weight is 570 g/mol. The Bertz CT molecular complexity index is 1330. The number of aliphatic hydroxyl groups is 1. The minimum atomic E-state index is -0.803. The summed E-state index contributed by atoms with van der Waals surface area (Å²) in [7, 11) is 1.53. The van der Waals surface area contributed by atoms with Crippen molar-refractivity contribution in [2.24, 2.45) is 0 Å². The fourth-order valence-electron chi connectivity index (χ4n) is 4.03. The number of amides is 1. The summed E-state index contributed by atoms with van der Waals surface area (Å²) in [5, 5.41) is 13.1. The second kappa shape index (κ2) is 10.7. The quantitative estimate of drug-likeness (QED) is 0.171. The first-order chi connectivity index (χ1) is 17.2. The highest BCUT2D eigenvalue weighted by atomic mass is 79.9. The van der Waals surface area contributed by atoms with Crippen LogP contribution in [0.4, 0.5) is 5.69 Å². The van der Waals surface area contributed by atoms with E-state index in [2.05, 4.69) is 15.9 Å². The van der Waals surface area contributed by atoms with Crippen LogP contribution in [0.1, 0.15) is 35.9 Å². The van der Waals surface area contributed by atoms with E-state index in [1.54, 1.807) is 56.3 Å². The lowest BCUT2D eigenvalue weighted by atomic mass is 9.99. The Morgan fingerprint density at radius 2 is 1.86 bits per heavy atom. The van der Waals surface area contributed by atoms with Crippen LogP contribution in [0.25, 0.3) is 5.76 Å². The van der Waals surface area contributed by atoms with E-state index in [4.69, 9.17) is 9.47 Å². The van der Waals surface area contributed by atoms with Crippen LogP contribution in [0.15, 0.2) is 70.0 Å². The largest absolute Gasteiger partial charge is 0.507 e. The number of hydrogen-bond acceptors (Lipinski definition) is 7. The van der Waals surface area contributed by atoms with Crippen LogP contribution in [0.5, 0.6) is 5.75 Å². The van der Waals surface area contributed by atoms with E-state index in [1.165, 1.54) is 23.3 Å². The zero-order chi connectivity index (χ0) is 26.0. The number of carbonyl (C=O) groups excluding carboxylic acids is 3. The summed E-state index contributed by atoms with van der Waals surface area (Å²) in [6.07, 6.45) is -0.112. The first kappa shape index (κ1) is 25.7. The van der Waals surface area contributed by atoms with Crippen LogP contribution in [-0.2, 0) is 25.5 Å². The molecule has 1 aliphatic rings. The number of halogens is 1. The van der Waals surface area contributed by atoms with Gasteiger partial charge < -0.3 is 14.6 Å². The Morgan fingerprint density at radius 1 is 1.14 bits per heavy atom. The number of ether oxygens (including phenoxy) is 2. The van der Waals surface area contributed by atoms with E-state index >= 15 is 0 Å². The van der Waals surface area contributed by atoms with Crippen molar-refractivity contribution in [1.82, 2.24) is 0 Å². The van der Waals surface area contributed by atoms with E-state index in [1.807, 2.05) is 17.5 Å². The molecule has 0 bridgehead atoms. The van der Waals surface area contributed by atoms with Gasteiger partial charge in [0.1, 0.15) is 17.6 Å². The molecule has 7 nitrogen and oxygen atoms in total. The lowest BCUT2D eigenvalue weighted by Crippen LogP contribution is -2.29. The van der Waals surface area contributed by atoms with Crippen molar-refractivity contribution in [3.05, 3.63) is 86.0 Å². The number of aliphatic hydroxyl groups excluding tert-OH is 1. The predicted molar refractivity (Wildman–Crippen MR) is 141 cm³/mol. The Labute approximate surface area is 221 Å². The molecule has 9 heteroatoms. The second-order valence-electron chi connectivity index (χ2n) is 8.42. The van der Waals surface area contributed by atoms with Crippen molar-refractivity contribution in [2.75, 3.05) is 12.0 Å². The highest BCUT2D eigenvalue weighted by Gasteiger charge is 2.47. The predicted octanol–water partition coefficient (Wildman–Crippen LogP) is 5.64. The number of nitrogens with zero attached hydrogens (tertiary/aromatic N) is 1. The van der Waals surface area contributed by atoms with E-state index in [0.717, 1.165) is 10.4 Å². The number of ketones is 1. The van der Waals surface area contributed by atoms with Gasteiger partial charge in [0.05, 0.1) is 29.7 Å². The maximum atomic E-state index is 13.2. The van der Waals surface area contributed by atoms with E-state index in [-0.39, 0.29) is 29.8 Å². The molecular weight excluding hydrogens is 546 g/mol. The molecule has 0 saturated carbocycles. The number of Topliss-reactive ketones (excluding diaryl/α,β-unsaturated/α-hetero) is 1. The molecule has 1 amide bonds. The molecule has 1 unspecified atom stereocenters. The van der Waals surface area contributed by atoms with Crippen LogP contribution in [-0.4, -0.2) is 36.0 Å². The minimum Gasteiger partial charge on any atom is -0.507 e. The molecule has 36 heavy (non-hydrogen) atoms. The van der Waals surface area contributed by atoms with E-state index in [0.29, 0.717) is 21.5 Å². The number of carbonyl (C=O) groups is 3. The van der Waals surface area contributed by atoms with Gasteiger partial charge in [-0.25, -0.2) is 0 Å². The Morgan fingerprint density at radius 3 is 2.44 bits per heavy atom. The van der Waals surface area contributed by atoms with Crippen LogP contribution in [0.2, 0.25) is 0 Å². The van der Waals surface area contributed by atoms with Gasteiger partial charge in [0.2, 0.25) is 0 Å². The van der Waals surface area contributed by atoms with Gasteiger partial charge in [0.15, 0.2) is 0 Å². The lowest BCUT2D eigenvalue weighted by Gasteiger charge is -2.24. The number of benzene rings is 2. The smallest absolute Gasteiger partial charge is 0.310 e. The number of hydrogen-bond donors (Lipinski definition) is 1. The first-order valence-corrected chi connectivity index (χ1v) is 12.8. The molecule has 1 atom stereocenters. The third kappa shape index (κ3) is 5.08. The SMILES string of the molecule is COc1ccc(/C(O)=C2/C(=O)C(=O)N(c3ccc(CC(=O)OC(C)C)cc3)C2c2cccs2)cc1Br. The van der Waals surface area contributed by atoms with Gasteiger partial charge in [0.25, 0.3) is 11.7 Å². The maximum absolute atomic E-state index is 13.2. The highest BCUT2D eigenvalue weighted by Crippen LogP contribution is 2.44. The molecule has 1 aromatic heterocycles. The monoisotopic (exact) mass is 569 g/mol. The van der Waals surface area contributed by atoms with Crippen LogP contribution >= 0.6 is 27.3 Å². The van der Waals surface area contributed by atoms with Gasteiger partial charge in [-0.15, -0.1) is 11.3 Å². The molecule has 1 saturated heterocycles. The van der Waals surface area contributed by atoms with Gasteiger partial charge in [-0.3, -0.25) is 19.3 Å². The van der Waals surface area contributed by atoms with Crippen molar-refractivity contribution in [2.45, 2.75) is 32.4 Å². The number of esters is 1. The molecule has 3 aromatic rings. The number of anilines is 1. The third-order valence-electron chi connectivity index (χ3n) is 5.61. The topological polar surface area (TPSA) is 93.1 Å². The molecular formula is C27H24BrNO6S. The van der Waals surface area contributed by atoms with Gasteiger partial charge in [-0.2, -0.15) is 0 Å². The summed E-state index contributed by atoms with van der Waals surface area (Å²) in [4.78, 5) is 40.6. The van der Waals surface area contributed by atoms with E-state index < -0.39 is 17.7 Å².